The van der Waals surface area contributed by atoms with Crippen molar-refractivity contribution < 1.29 is 0 Å². The Balaban J connectivity index is 2.24. The summed E-state index contributed by atoms with van der Waals surface area (Å²) >= 11 is 0. The fourth-order valence-corrected chi connectivity index (χ4v) is 2.07. The van der Waals surface area contributed by atoms with E-state index in [1.165, 1.54) is 12.5 Å². The van der Waals surface area contributed by atoms with E-state index in [0.717, 1.165) is 32.0 Å². The largest absolute Gasteiger partial charge is 0.358 e. The van der Waals surface area contributed by atoms with E-state index in [9.17, 15) is 0 Å². The molecule has 0 aromatic carbocycles. The van der Waals surface area contributed by atoms with E-state index < -0.39 is 0 Å². The van der Waals surface area contributed by atoms with E-state index >= 15 is 0 Å². The molecule has 0 aliphatic carbocycles. The summed E-state index contributed by atoms with van der Waals surface area (Å²) in [4.78, 5) is 12.9. The van der Waals surface area contributed by atoms with Gasteiger partial charge in [0.2, 0.25) is 0 Å². The number of nitrogens with zero attached hydrogens (tertiary/aromatic N) is 4. The van der Waals surface area contributed by atoms with Crippen molar-refractivity contribution in [2.45, 2.75) is 0 Å². The van der Waals surface area contributed by atoms with Gasteiger partial charge in [-0.3, -0.25) is 0 Å². The average molecular weight is 258 g/mol. The first-order valence-corrected chi connectivity index (χ1v) is 6.22. The molecular formula is C13H18N6. The third-order valence-corrected chi connectivity index (χ3v) is 3.17. The first-order valence-electron chi connectivity index (χ1n) is 6.22. The Bertz CT molecular complexity index is 484. The summed E-state index contributed by atoms with van der Waals surface area (Å²) in [6.07, 6.45) is 8.03. The van der Waals surface area contributed by atoms with Crippen LogP contribution in [0.1, 0.15) is 5.56 Å². The standard InChI is InChI=1S/C13H18N6/c1-3-4-15-12-11(9-14)13(17-10-16-12)19-7-5-18(2)6-8-19/h1,9-10,14H,4-8H2,2H3,(H,15,16,17). The second-order valence-electron chi connectivity index (χ2n) is 4.45. The van der Waals surface area contributed by atoms with E-state index in [0.29, 0.717) is 17.9 Å². The molecule has 100 valence electrons. The molecule has 6 nitrogen and oxygen atoms in total. The van der Waals surface area contributed by atoms with Gasteiger partial charge >= 0.3 is 0 Å². The van der Waals surface area contributed by atoms with Gasteiger partial charge in [-0.05, 0) is 7.05 Å². The van der Waals surface area contributed by atoms with Crippen LogP contribution in [0, 0.1) is 17.8 Å². The highest BCUT2D eigenvalue weighted by Gasteiger charge is 2.19. The maximum atomic E-state index is 7.59. The number of nitrogens with one attached hydrogen (secondary N) is 2. The van der Waals surface area contributed by atoms with Crippen LogP contribution in [0.5, 0.6) is 0 Å². The lowest BCUT2D eigenvalue weighted by Gasteiger charge is -2.34. The third kappa shape index (κ3) is 3.01. The molecule has 1 aliphatic rings. The smallest absolute Gasteiger partial charge is 0.143 e. The number of likely N-dealkylation sites (N-methyl/N-ethyl adjacent to an activating group) is 1. The third-order valence-electron chi connectivity index (χ3n) is 3.17. The Kier molecular flexibility index (Phi) is 4.31. The highest BCUT2D eigenvalue weighted by molar-refractivity contribution is 5.91. The fraction of sp³-hybridized carbons (Fsp3) is 0.462. The summed E-state index contributed by atoms with van der Waals surface area (Å²) in [5, 5.41) is 10.6. The van der Waals surface area contributed by atoms with E-state index in [1.54, 1.807) is 0 Å². The lowest BCUT2D eigenvalue weighted by atomic mass is 10.2. The summed E-state index contributed by atoms with van der Waals surface area (Å²) in [5.74, 6) is 3.93. The number of rotatable bonds is 4. The lowest BCUT2D eigenvalue weighted by molar-refractivity contribution is 0.312. The Hall–Kier alpha value is -2.13. The van der Waals surface area contributed by atoms with Crippen molar-refractivity contribution >= 4 is 17.9 Å². The summed E-state index contributed by atoms with van der Waals surface area (Å²) in [6, 6.07) is 0. The number of aromatic nitrogens is 2. The topological polar surface area (TPSA) is 68.1 Å². The maximum Gasteiger partial charge on any atom is 0.143 e. The zero-order valence-corrected chi connectivity index (χ0v) is 11.1. The summed E-state index contributed by atoms with van der Waals surface area (Å²) in [5.41, 5.74) is 0.697. The van der Waals surface area contributed by atoms with Crippen molar-refractivity contribution in [1.82, 2.24) is 14.9 Å². The van der Waals surface area contributed by atoms with Crippen molar-refractivity contribution in [1.29, 1.82) is 5.41 Å². The summed E-state index contributed by atoms with van der Waals surface area (Å²) in [6.45, 7) is 4.19. The van der Waals surface area contributed by atoms with Gasteiger partial charge in [0.15, 0.2) is 0 Å². The quantitative estimate of drug-likeness (QED) is 0.599. The highest BCUT2D eigenvalue weighted by Crippen LogP contribution is 2.22. The molecule has 1 aromatic rings. The minimum absolute atomic E-state index is 0.389. The van der Waals surface area contributed by atoms with E-state index in [1.807, 2.05) is 0 Å². The SMILES string of the molecule is C#CCNc1ncnc(N2CCN(C)CC2)c1C=N. The van der Waals surface area contributed by atoms with E-state index in [4.69, 9.17) is 11.8 Å². The van der Waals surface area contributed by atoms with Crippen molar-refractivity contribution in [2.75, 3.05) is 50.0 Å². The fourth-order valence-electron chi connectivity index (χ4n) is 2.07. The van der Waals surface area contributed by atoms with Crippen LogP contribution in [0.3, 0.4) is 0 Å². The van der Waals surface area contributed by atoms with Crippen molar-refractivity contribution in [3.05, 3.63) is 11.9 Å². The molecule has 1 saturated heterocycles. The Labute approximate surface area is 113 Å². The molecule has 2 rings (SSSR count). The van der Waals surface area contributed by atoms with Crippen LogP contribution in [0.2, 0.25) is 0 Å². The zero-order valence-electron chi connectivity index (χ0n) is 11.1. The van der Waals surface area contributed by atoms with Gasteiger partial charge in [0.05, 0.1) is 12.1 Å². The predicted molar refractivity (Wildman–Crippen MR) is 77.0 cm³/mol. The average Bonchev–Trinajstić information content (AvgIpc) is 2.45. The molecule has 19 heavy (non-hydrogen) atoms. The molecular weight excluding hydrogens is 240 g/mol. The van der Waals surface area contributed by atoms with Gasteiger partial charge in [0, 0.05) is 32.4 Å². The maximum absolute atomic E-state index is 7.59. The van der Waals surface area contributed by atoms with Crippen LogP contribution < -0.4 is 10.2 Å². The van der Waals surface area contributed by atoms with Crippen molar-refractivity contribution in [3.8, 4) is 12.3 Å². The van der Waals surface area contributed by atoms with E-state index in [2.05, 4.69) is 38.1 Å². The number of anilines is 2. The minimum atomic E-state index is 0.389. The van der Waals surface area contributed by atoms with Crippen LogP contribution >= 0.6 is 0 Å². The van der Waals surface area contributed by atoms with Gasteiger partial charge in [0.1, 0.15) is 18.0 Å². The molecule has 0 radical (unpaired) electrons. The lowest BCUT2D eigenvalue weighted by Crippen LogP contribution is -2.45. The molecule has 0 spiro atoms. The number of hydrogen-bond acceptors (Lipinski definition) is 6. The molecule has 0 unspecified atom stereocenters. The normalized spacial score (nSPS) is 15.9. The van der Waals surface area contributed by atoms with Crippen LogP contribution in [0.15, 0.2) is 6.33 Å². The Morgan fingerprint density at radius 2 is 2.16 bits per heavy atom. The molecule has 2 N–H and O–H groups in total. The van der Waals surface area contributed by atoms with Gasteiger partial charge < -0.3 is 20.5 Å². The van der Waals surface area contributed by atoms with Gasteiger partial charge in [-0.1, -0.05) is 5.92 Å². The second kappa shape index (κ2) is 6.16. The first-order chi connectivity index (χ1) is 9.26. The summed E-state index contributed by atoms with van der Waals surface area (Å²) < 4.78 is 0. The minimum Gasteiger partial charge on any atom is -0.358 e. The molecule has 1 fully saturated rings. The predicted octanol–water partition coefficient (Wildman–Crippen LogP) is 0.271. The summed E-state index contributed by atoms with van der Waals surface area (Å²) in [7, 11) is 2.11. The molecule has 1 aliphatic heterocycles. The number of hydrogen-bond donors (Lipinski definition) is 2. The van der Waals surface area contributed by atoms with Gasteiger partial charge in [-0.25, -0.2) is 9.97 Å². The zero-order chi connectivity index (χ0) is 13.7. The molecule has 0 bridgehead atoms. The Morgan fingerprint density at radius 3 is 2.79 bits per heavy atom. The molecule has 6 heteroatoms. The van der Waals surface area contributed by atoms with Gasteiger partial charge in [0.25, 0.3) is 0 Å². The van der Waals surface area contributed by atoms with Gasteiger partial charge in [-0.15, -0.1) is 6.42 Å². The van der Waals surface area contributed by atoms with Crippen molar-refractivity contribution in [2.24, 2.45) is 0 Å². The number of terminal acetylenes is 1. The second-order valence-corrected chi connectivity index (χ2v) is 4.45. The first kappa shape index (κ1) is 13.3. The monoisotopic (exact) mass is 258 g/mol. The van der Waals surface area contributed by atoms with E-state index in [-0.39, 0.29) is 0 Å². The van der Waals surface area contributed by atoms with Crippen molar-refractivity contribution in [3.63, 3.8) is 0 Å². The van der Waals surface area contributed by atoms with Crippen LogP contribution in [-0.4, -0.2) is 60.9 Å². The molecule has 2 heterocycles. The van der Waals surface area contributed by atoms with Gasteiger partial charge in [-0.2, -0.15) is 0 Å². The highest BCUT2D eigenvalue weighted by atomic mass is 15.3. The molecule has 1 aromatic heterocycles. The van der Waals surface area contributed by atoms with Crippen LogP contribution in [0.25, 0.3) is 0 Å². The molecule has 0 amide bonds. The number of piperazine rings is 1. The van der Waals surface area contributed by atoms with Crippen LogP contribution in [-0.2, 0) is 0 Å². The Morgan fingerprint density at radius 1 is 1.42 bits per heavy atom. The molecule has 0 saturated carbocycles. The molecule has 0 atom stereocenters. The van der Waals surface area contributed by atoms with Crippen LogP contribution in [0.4, 0.5) is 11.6 Å².